The number of nitrogens with one attached hydrogen (secondary N) is 1. The molecule has 19 heavy (non-hydrogen) atoms. The molecule has 0 aliphatic carbocycles. The summed E-state index contributed by atoms with van der Waals surface area (Å²) in [4.78, 5) is 4.18. The number of rotatable bonds is 4. The number of nitrogens with zero attached hydrogens (tertiary/aromatic N) is 1. The fraction of sp³-hybridized carbons (Fsp3) is 0.182. The van der Waals surface area contributed by atoms with Crippen molar-refractivity contribution in [2.45, 2.75) is 17.9 Å². The van der Waals surface area contributed by atoms with Crippen LogP contribution >= 0.6 is 11.3 Å². The van der Waals surface area contributed by atoms with Gasteiger partial charge in [-0.1, -0.05) is 0 Å². The Balaban J connectivity index is 2.28. The lowest BCUT2D eigenvalue weighted by Crippen LogP contribution is -2.13. The summed E-state index contributed by atoms with van der Waals surface area (Å²) in [7, 11) is -3.77. The van der Waals surface area contributed by atoms with Gasteiger partial charge in [0.05, 0.1) is 10.9 Å². The molecule has 0 spiro atoms. The largest absolute Gasteiger partial charge is 0.399 e. The number of nitrogen functional groups attached to an aromatic ring is 1. The Hall–Kier alpha value is -1.64. The Kier molecular flexibility index (Phi) is 3.74. The van der Waals surface area contributed by atoms with Crippen LogP contribution < -0.4 is 16.2 Å². The van der Waals surface area contributed by atoms with E-state index in [0.717, 1.165) is 5.01 Å². The molecule has 1 aromatic carbocycles. The maximum Gasteiger partial charge on any atom is 0.238 e. The lowest BCUT2D eigenvalue weighted by molar-refractivity contribution is 0.598. The number of hydrogen-bond donors (Lipinski definition) is 3. The third kappa shape index (κ3) is 3.43. The van der Waals surface area contributed by atoms with Crippen LogP contribution in [0.5, 0.6) is 0 Å². The van der Waals surface area contributed by atoms with Gasteiger partial charge in [-0.2, -0.15) is 0 Å². The van der Waals surface area contributed by atoms with Crippen LogP contribution in [0.15, 0.2) is 34.7 Å². The van der Waals surface area contributed by atoms with E-state index in [1.807, 2.05) is 12.3 Å². The molecule has 0 fully saturated rings. The second-order valence-electron chi connectivity index (χ2n) is 4.07. The molecule has 0 bridgehead atoms. The molecule has 1 unspecified atom stereocenters. The number of benzene rings is 1. The molecular formula is C11H14N4O2S2. The molecule has 2 rings (SSSR count). The van der Waals surface area contributed by atoms with Gasteiger partial charge in [-0.25, -0.2) is 18.5 Å². The van der Waals surface area contributed by atoms with Gasteiger partial charge in [0.1, 0.15) is 5.01 Å². The Labute approximate surface area is 115 Å². The quantitative estimate of drug-likeness (QED) is 0.741. The van der Waals surface area contributed by atoms with Crippen LogP contribution in [-0.4, -0.2) is 13.4 Å². The smallest absolute Gasteiger partial charge is 0.238 e. The lowest BCUT2D eigenvalue weighted by atomic mass is 10.2. The van der Waals surface area contributed by atoms with Crippen LogP contribution in [0.1, 0.15) is 18.0 Å². The van der Waals surface area contributed by atoms with E-state index in [0.29, 0.717) is 11.4 Å². The lowest BCUT2D eigenvalue weighted by Gasteiger charge is -2.14. The van der Waals surface area contributed by atoms with Crippen molar-refractivity contribution in [3.8, 4) is 0 Å². The molecule has 0 saturated heterocycles. The minimum Gasteiger partial charge on any atom is -0.399 e. The summed E-state index contributed by atoms with van der Waals surface area (Å²) >= 11 is 1.52. The van der Waals surface area contributed by atoms with Gasteiger partial charge >= 0.3 is 0 Å². The Bertz CT molecular complexity index is 668. The number of aromatic nitrogens is 1. The van der Waals surface area contributed by atoms with Gasteiger partial charge in [0.15, 0.2) is 0 Å². The van der Waals surface area contributed by atoms with Crippen molar-refractivity contribution in [2.75, 3.05) is 11.1 Å². The molecule has 0 radical (unpaired) electrons. The van der Waals surface area contributed by atoms with E-state index in [4.69, 9.17) is 10.9 Å². The maximum absolute atomic E-state index is 11.3. The molecule has 6 nitrogen and oxygen atoms in total. The minimum absolute atomic E-state index is 0.0126. The van der Waals surface area contributed by atoms with Crippen LogP contribution in [0, 0.1) is 0 Å². The molecular weight excluding hydrogens is 284 g/mol. The van der Waals surface area contributed by atoms with Gasteiger partial charge in [0.2, 0.25) is 10.0 Å². The fourth-order valence-electron chi connectivity index (χ4n) is 1.63. The monoisotopic (exact) mass is 298 g/mol. The summed E-state index contributed by atoms with van der Waals surface area (Å²) in [6.07, 6.45) is 1.72. The van der Waals surface area contributed by atoms with Gasteiger partial charge < -0.3 is 11.1 Å². The van der Waals surface area contributed by atoms with Crippen molar-refractivity contribution < 1.29 is 8.42 Å². The second-order valence-corrected chi connectivity index (χ2v) is 6.56. The van der Waals surface area contributed by atoms with E-state index in [1.165, 1.54) is 23.5 Å². The Morgan fingerprint density at radius 3 is 2.68 bits per heavy atom. The molecule has 1 atom stereocenters. The van der Waals surface area contributed by atoms with Crippen molar-refractivity contribution in [2.24, 2.45) is 5.14 Å². The zero-order chi connectivity index (χ0) is 14.0. The molecule has 2 aromatic rings. The van der Waals surface area contributed by atoms with Gasteiger partial charge in [0, 0.05) is 23.0 Å². The molecule has 8 heteroatoms. The highest BCUT2D eigenvalue weighted by atomic mass is 32.2. The van der Waals surface area contributed by atoms with Crippen LogP contribution in [0.3, 0.4) is 0 Å². The van der Waals surface area contributed by atoms with Crippen molar-refractivity contribution in [1.82, 2.24) is 4.98 Å². The summed E-state index contributed by atoms with van der Waals surface area (Å²) in [6, 6.07) is 4.39. The van der Waals surface area contributed by atoms with Gasteiger partial charge in [-0.05, 0) is 25.1 Å². The zero-order valence-corrected chi connectivity index (χ0v) is 11.8. The van der Waals surface area contributed by atoms with Crippen LogP contribution in [0.2, 0.25) is 0 Å². The molecule has 5 N–H and O–H groups in total. The van der Waals surface area contributed by atoms with Crippen LogP contribution in [0.4, 0.5) is 11.4 Å². The Morgan fingerprint density at radius 1 is 1.37 bits per heavy atom. The average molecular weight is 298 g/mol. The number of sulfonamides is 1. The van der Waals surface area contributed by atoms with E-state index >= 15 is 0 Å². The van der Waals surface area contributed by atoms with Gasteiger partial charge in [-0.15, -0.1) is 11.3 Å². The predicted octanol–water partition coefficient (Wildman–Crippen LogP) is 1.55. The Morgan fingerprint density at radius 2 is 2.11 bits per heavy atom. The molecule has 102 valence electrons. The van der Waals surface area contributed by atoms with E-state index in [2.05, 4.69) is 10.3 Å². The SMILES string of the molecule is CC(Nc1cc(N)cc(S(N)(=O)=O)c1)c1nccs1. The summed E-state index contributed by atoms with van der Waals surface area (Å²) in [5, 5.41) is 11.0. The number of anilines is 2. The molecule has 1 heterocycles. The highest BCUT2D eigenvalue weighted by Crippen LogP contribution is 2.24. The van der Waals surface area contributed by atoms with Crippen LogP contribution in [0.25, 0.3) is 0 Å². The first-order chi connectivity index (χ1) is 8.86. The first kappa shape index (κ1) is 13.8. The number of primary sulfonamides is 1. The van der Waals surface area contributed by atoms with E-state index < -0.39 is 10.0 Å². The third-order valence-electron chi connectivity index (χ3n) is 2.46. The third-order valence-corrected chi connectivity index (χ3v) is 4.31. The number of hydrogen-bond acceptors (Lipinski definition) is 6. The molecule has 0 saturated carbocycles. The standard InChI is InChI=1S/C11H14N4O2S2/c1-7(11-14-2-3-18-11)15-9-4-8(12)5-10(6-9)19(13,16)17/h2-7,15H,12H2,1H3,(H2,13,16,17). The molecule has 0 aliphatic heterocycles. The first-order valence-electron chi connectivity index (χ1n) is 5.45. The van der Waals surface area contributed by atoms with Crippen molar-refractivity contribution in [3.63, 3.8) is 0 Å². The number of nitrogens with two attached hydrogens (primary N) is 2. The average Bonchev–Trinajstić information content (AvgIpc) is 2.80. The molecule has 0 aliphatic rings. The maximum atomic E-state index is 11.3. The van der Waals surface area contributed by atoms with Crippen molar-refractivity contribution in [1.29, 1.82) is 0 Å². The van der Waals surface area contributed by atoms with E-state index in [1.54, 1.807) is 12.3 Å². The van der Waals surface area contributed by atoms with Gasteiger partial charge in [0.25, 0.3) is 0 Å². The van der Waals surface area contributed by atoms with E-state index in [9.17, 15) is 8.42 Å². The second kappa shape index (κ2) is 5.16. The normalized spacial score (nSPS) is 13.2. The topological polar surface area (TPSA) is 111 Å². The molecule has 1 aromatic heterocycles. The summed E-state index contributed by atoms with van der Waals surface area (Å²) in [5.41, 5.74) is 6.60. The highest BCUT2D eigenvalue weighted by molar-refractivity contribution is 7.89. The summed E-state index contributed by atoms with van der Waals surface area (Å²) in [5.74, 6) is 0. The number of thiazole rings is 1. The minimum atomic E-state index is -3.77. The predicted molar refractivity (Wildman–Crippen MR) is 76.4 cm³/mol. The highest BCUT2D eigenvalue weighted by Gasteiger charge is 2.12. The van der Waals surface area contributed by atoms with Crippen LogP contribution in [-0.2, 0) is 10.0 Å². The fourth-order valence-corrected chi connectivity index (χ4v) is 2.87. The zero-order valence-electron chi connectivity index (χ0n) is 10.2. The molecule has 0 amide bonds. The van der Waals surface area contributed by atoms with E-state index in [-0.39, 0.29) is 10.9 Å². The first-order valence-corrected chi connectivity index (χ1v) is 7.88. The summed E-state index contributed by atoms with van der Waals surface area (Å²) in [6.45, 7) is 1.93. The van der Waals surface area contributed by atoms with Crippen molar-refractivity contribution in [3.05, 3.63) is 34.8 Å². The van der Waals surface area contributed by atoms with Gasteiger partial charge in [-0.3, -0.25) is 0 Å². The summed E-state index contributed by atoms with van der Waals surface area (Å²) < 4.78 is 22.7. The van der Waals surface area contributed by atoms with Crippen molar-refractivity contribution >= 4 is 32.7 Å².